The molecule has 1 amide bonds. The van der Waals surface area contributed by atoms with Gasteiger partial charge in [-0.3, -0.25) is 4.79 Å². The zero-order valence-electron chi connectivity index (χ0n) is 13.0. The minimum absolute atomic E-state index is 0.170. The van der Waals surface area contributed by atoms with Crippen molar-refractivity contribution in [1.82, 2.24) is 20.0 Å². The minimum atomic E-state index is -0.322. The monoisotopic (exact) mass is 363 g/mol. The second-order valence-corrected chi connectivity index (χ2v) is 7.39. The Hall–Kier alpha value is -2.26. The number of carbonyl (C=O) groups excluding carboxylic acids is 1. The number of aromatic nitrogens is 4. The fourth-order valence-corrected chi connectivity index (χ4v) is 3.63. The number of amides is 1. The Labute approximate surface area is 146 Å². The zero-order valence-corrected chi connectivity index (χ0v) is 14.6. The number of anilines is 1. The largest absolute Gasteiger partial charge is 0.310 e. The molecule has 0 saturated heterocycles. The molecule has 0 radical (unpaired) electrons. The molecule has 0 fully saturated rings. The number of aryl methyl sites for hydroxylation is 2. The smallest absolute Gasteiger partial charge is 0.235 e. The summed E-state index contributed by atoms with van der Waals surface area (Å²) in [7, 11) is 0. The van der Waals surface area contributed by atoms with E-state index in [0.29, 0.717) is 11.5 Å². The number of nitrogens with zero attached hydrogens (tertiary/aromatic N) is 4. The van der Waals surface area contributed by atoms with Crippen LogP contribution >= 0.6 is 23.1 Å². The van der Waals surface area contributed by atoms with Gasteiger partial charge in [-0.25, -0.2) is 9.07 Å². The first-order chi connectivity index (χ1) is 11.5. The maximum Gasteiger partial charge on any atom is 0.235 e. The fourth-order valence-electron chi connectivity index (χ4n) is 2.01. The van der Waals surface area contributed by atoms with E-state index in [1.165, 1.54) is 35.2 Å². The van der Waals surface area contributed by atoms with E-state index in [4.69, 9.17) is 0 Å². The lowest BCUT2D eigenvalue weighted by Crippen LogP contribution is -2.16. The molecule has 0 aliphatic rings. The highest BCUT2D eigenvalue weighted by Gasteiger charge is 2.12. The van der Waals surface area contributed by atoms with Gasteiger partial charge in [0, 0.05) is 6.07 Å². The number of rotatable bonds is 5. The average Bonchev–Trinajstić information content (AvgIpc) is 3.12. The molecule has 0 unspecified atom stereocenters. The Morgan fingerprint density at radius 1 is 1.29 bits per heavy atom. The van der Waals surface area contributed by atoms with Crippen LogP contribution in [0, 0.1) is 19.7 Å². The highest BCUT2D eigenvalue weighted by atomic mass is 32.2. The summed E-state index contributed by atoms with van der Waals surface area (Å²) in [6, 6.07) is 7.69. The molecule has 2 aromatic heterocycles. The third-order valence-electron chi connectivity index (χ3n) is 3.00. The van der Waals surface area contributed by atoms with Crippen LogP contribution in [0.25, 0.3) is 5.69 Å². The van der Waals surface area contributed by atoms with E-state index in [1.54, 1.807) is 22.9 Å². The van der Waals surface area contributed by atoms with E-state index in [2.05, 4.69) is 20.6 Å². The Morgan fingerprint density at radius 2 is 2.04 bits per heavy atom. The van der Waals surface area contributed by atoms with Crippen molar-refractivity contribution in [2.45, 2.75) is 18.2 Å². The molecule has 24 heavy (non-hydrogen) atoms. The number of nitrogens with one attached hydrogen (secondary N) is 1. The lowest BCUT2D eigenvalue weighted by molar-refractivity contribution is -0.113. The van der Waals surface area contributed by atoms with Crippen LogP contribution in [0.4, 0.5) is 10.2 Å². The van der Waals surface area contributed by atoms with Gasteiger partial charge in [-0.05, 0) is 38.1 Å². The molecule has 0 aliphatic carbocycles. The molecule has 0 bridgehead atoms. The average molecular weight is 363 g/mol. The van der Waals surface area contributed by atoms with Gasteiger partial charge in [-0.2, -0.15) is 5.10 Å². The molecule has 9 heteroatoms. The van der Waals surface area contributed by atoms with Crippen molar-refractivity contribution >= 4 is 34.8 Å². The van der Waals surface area contributed by atoms with Crippen LogP contribution in [0.5, 0.6) is 0 Å². The molecule has 2 heterocycles. The van der Waals surface area contributed by atoms with Gasteiger partial charge in [0.1, 0.15) is 16.6 Å². The van der Waals surface area contributed by atoms with Gasteiger partial charge in [0.05, 0.1) is 17.1 Å². The van der Waals surface area contributed by atoms with Gasteiger partial charge in [-0.15, -0.1) is 10.2 Å². The molecular formula is C15H14FN5OS2. The summed E-state index contributed by atoms with van der Waals surface area (Å²) in [5.41, 5.74) is 1.43. The van der Waals surface area contributed by atoms with Crippen molar-refractivity contribution in [2.75, 3.05) is 11.1 Å². The highest BCUT2D eigenvalue weighted by molar-refractivity contribution is 8.01. The number of carbonyl (C=O) groups is 1. The van der Waals surface area contributed by atoms with Gasteiger partial charge in [0.25, 0.3) is 0 Å². The lowest BCUT2D eigenvalue weighted by Gasteiger charge is -2.08. The van der Waals surface area contributed by atoms with Crippen LogP contribution in [-0.2, 0) is 4.79 Å². The standard InChI is InChI=1S/C15H14FN5OS2/c1-9-7-13(21(20-9)12-5-3-11(16)4-6-12)17-14(22)8-23-15-19-18-10(2)24-15/h3-7H,8H2,1-2H3,(H,17,22). The second kappa shape index (κ2) is 7.10. The van der Waals surface area contributed by atoms with Crippen LogP contribution < -0.4 is 5.32 Å². The summed E-state index contributed by atoms with van der Waals surface area (Å²) in [4.78, 5) is 12.2. The molecule has 6 nitrogen and oxygen atoms in total. The summed E-state index contributed by atoms with van der Waals surface area (Å²) in [6.45, 7) is 3.69. The Bertz CT molecular complexity index is 859. The first-order valence-electron chi connectivity index (χ1n) is 7.06. The predicted molar refractivity (Wildman–Crippen MR) is 92.3 cm³/mol. The number of hydrogen-bond acceptors (Lipinski definition) is 6. The second-order valence-electron chi connectivity index (χ2n) is 4.98. The highest BCUT2D eigenvalue weighted by Crippen LogP contribution is 2.22. The van der Waals surface area contributed by atoms with Crippen LogP contribution in [-0.4, -0.2) is 31.6 Å². The summed E-state index contributed by atoms with van der Waals surface area (Å²) in [5, 5.41) is 15.9. The topological polar surface area (TPSA) is 72.7 Å². The Kier molecular flexibility index (Phi) is 4.91. The summed E-state index contributed by atoms with van der Waals surface area (Å²) in [5.74, 6) is 0.272. The van der Waals surface area contributed by atoms with Gasteiger partial charge in [0.15, 0.2) is 4.34 Å². The lowest BCUT2D eigenvalue weighted by atomic mass is 10.3. The van der Waals surface area contributed by atoms with Crippen LogP contribution in [0.15, 0.2) is 34.7 Å². The van der Waals surface area contributed by atoms with E-state index < -0.39 is 0 Å². The summed E-state index contributed by atoms with van der Waals surface area (Å²) < 4.78 is 15.4. The molecule has 1 N–H and O–H groups in total. The number of thioether (sulfide) groups is 1. The molecule has 124 valence electrons. The van der Waals surface area contributed by atoms with Crippen molar-refractivity contribution in [2.24, 2.45) is 0 Å². The molecule has 1 aromatic carbocycles. The van der Waals surface area contributed by atoms with E-state index in [0.717, 1.165) is 15.0 Å². The van der Waals surface area contributed by atoms with Crippen molar-refractivity contribution in [3.63, 3.8) is 0 Å². The van der Waals surface area contributed by atoms with Gasteiger partial charge >= 0.3 is 0 Å². The number of halogens is 1. The fraction of sp³-hybridized carbons (Fsp3) is 0.200. The van der Waals surface area contributed by atoms with Crippen molar-refractivity contribution < 1.29 is 9.18 Å². The molecule has 0 aliphatic heterocycles. The van der Waals surface area contributed by atoms with Gasteiger partial charge in [0.2, 0.25) is 5.91 Å². The minimum Gasteiger partial charge on any atom is -0.310 e. The quantitative estimate of drug-likeness (QED) is 0.705. The van der Waals surface area contributed by atoms with Gasteiger partial charge < -0.3 is 5.32 Å². The van der Waals surface area contributed by atoms with Crippen LogP contribution in [0.3, 0.4) is 0 Å². The maximum absolute atomic E-state index is 13.1. The van der Waals surface area contributed by atoms with Crippen LogP contribution in [0.1, 0.15) is 10.7 Å². The van der Waals surface area contributed by atoms with Crippen molar-refractivity contribution in [3.05, 3.63) is 46.9 Å². The first kappa shape index (κ1) is 16.6. The number of hydrogen-bond donors (Lipinski definition) is 1. The molecule has 0 atom stereocenters. The molecule has 3 rings (SSSR count). The molecule has 0 saturated carbocycles. The van der Waals surface area contributed by atoms with Gasteiger partial charge in [-0.1, -0.05) is 23.1 Å². The SMILES string of the molecule is Cc1cc(NC(=O)CSc2nnc(C)s2)n(-c2ccc(F)cc2)n1. The predicted octanol–water partition coefficient (Wildman–Crippen LogP) is 3.21. The molecule has 3 aromatic rings. The molecular weight excluding hydrogens is 349 g/mol. The van der Waals surface area contributed by atoms with E-state index in [9.17, 15) is 9.18 Å². The van der Waals surface area contributed by atoms with Crippen LogP contribution in [0.2, 0.25) is 0 Å². The van der Waals surface area contributed by atoms with E-state index in [1.807, 2.05) is 13.8 Å². The third-order valence-corrected chi connectivity index (χ3v) is 4.98. The van der Waals surface area contributed by atoms with E-state index in [-0.39, 0.29) is 17.5 Å². The maximum atomic E-state index is 13.1. The Morgan fingerprint density at radius 3 is 2.71 bits per heavy atom. The van der Waals surface area contributed by atoms with Crippen molar-refractivity contribution in [3.8, 4) is 5.69 Å². The molecule has 0 spiro atoms. The normalized spacial score (nSPS) is 10.8. The van der Waals surface area contributed by atoms with E-state index >= 15 is 0 Å². The zero-order chi connectivity index (χ0) is 17.1. The number of benzene rings is 1. The third kappa shape index (κ3) is 3.98. The summed E-state index contributed by atoms with van der Waals surface area (Å²) >= 11 is 2.78. The van der Waals surface area contributed by atoms with Crippen molar-refractivity contribution in [1.29, 1.82) is 0 Å². The first-order valence-corrected chi connectivity index (χ1v) is 8.87. The summed E-state index contributed by atoms with van der Waals surface area (Å²) in [6.07, 6.45) is 0. The Balaban J connectivity index is 1.70.